The highest BCUT2D eigenvalue weighted by molar-refractivity contribution is 9.10. The van der Waals surface area contributed by atoms with Gasteiger partial charge in [0.2, 0.25) is 0 Å². The number of benzene rings is 2. The van der Waals surface area contributed by atoms with Gasteiger partial charge in [-0.25, -0.2) is 0 Å². The molecule has 0 saturated heterocycles. The molecule has 0 fully saturated rings. The topological polar surface area (TPSA) is 43.6 Å². The van der Waals surface area contributed by atoms with Gasteiger partial charge in [0.05, 0.1) is 23.7 Å². The number of hydrogen-bond acceptors (Lipinski definition) is 3. The third-order valence-corrected chi connectivity index (χ3v) is 5.39. The Morgan fingerprint density at radius 1 is 1.29 bits per heavy atom. The first kappa shape index (κ1) is 16.9. The summed E-state index contributed by atoms with van der Waals surface area (Å²) in [4.78, 5) is 17.3. The van der Waals surface area contributed by atoms with E-state index in [0.29, 0.717) is 4.80 Å². The number of methoxy groups -OCH3 is 1. The lowest BCUT2D eigenvalue weighted by Gasteiger charge is -2.05. The Balaban J connectivity index is 1.90. The van der Waals surface area contributed by atoms with Gasteiger partial charge < -0.3 is 9.30 Å². The summed E-state index contributed by atoms with van der Waals surface area (Å²) < 4.78 is 9.31. The van der Waals surface area contributed by atoms with Gasteiger partial charge in [-0.2, -0.15) is 4.99 Å². The molecule has 6 heteroatoms. The van der Waals surface area contributed by atoms with E-state index in [9.17, 15) is 4.79 Å². The van der Waals surface area contributed by atoms with Crippen LogP contribution in [0.4, 0.5) is 0 Å². The number of rotatable bonds is 3. The number of halogens is 1. The minimum atomic E-state index is -0.152. The van der Waals surface area contributed by atoms with E-state index in [0.717, 1.165) is 31.6 Å². The van der Waals surface area contributed by atoms with Crippen molar-refractivity contribution in [2.24, 2.45) is 12.0 Å². The normalized spacial score (nSPS) is 11.9. The van der Waals surface area contributed by atoms with E-state index in [1.165, 1.54) is 11.3 Å². The van der Waals surface area contributed by atoms with Crippen LogP contribution >= 0.6 is 27.3 Å². The lowest BCUT2D eigenvalue weighted by atomic mass is 10.1. The Morgan fingerprint density at radius 2 is 2.08 bits per heavy atom. The van der Waals surface area contributed by atoms with Crippen LogP contribution in [0.1, 0.15) is 11.1 Å². The van der Waals surface area contributed by atoms with Crippen molar-refractivity contribution in [2.45, 2.75) is 13.3 Å². The molecule has 24 heavy (non-hydrogen) atoms. The second kappa shape index (κ2) is 6.91. The van der Waals surface area contributed by atoms with Crippen molar-refractivity contribution in [1.29, 1.82) is 0 Å². The highest BCUT2D eigenvalue weighted by Crippen LogP contribution is 2.22. The highest BCUT2D eigenvalue weighted by Gasteiger charge is 2.08. The molecule has 0 aliphatic rings. The minimum absolute atomic E-state index is 0.152. The summed E-state index contributed by atoms with van der Waals surface area (Å²) in [7, 11) is 3.57. The van der Waals surface area contributed by atoms with Crippen LogP contribution in [0.25, 0.3) is 10.2 Å². The van der Waals surface area contributed by atoms with E-state index in [2.05, 4.69) is 20.9 Å². The molecule has 1 aromatic heterocycles. The molecule has 0 spiro atoms. The van der Waals surface area contributed by atoms with Gasteiger partial charge in [0, 0.05) is 11.5 Å². The largest absolute Gasteiger partial charge is 0.496 e. The molecule has 124 valence electrons. The van der Waals surface area contributed by atoms with Crippen LogP contribution in [-0.4, -0.2) is 17.6 Å². The number of hydrogen-bond donors (Lipinski definition) is 0. The number of aromatic nitrogens is 1. The third kappa shape index (κ3) is 3.44. The highest BCUT2D eigenvalue weighted by atomic mass is 79.9. The van der Waals surface area contributed by atoms with Gasteiger partial charge in [0.15, 0.2) is 4.80 Å². The molecule has 3 aromatic rings. The number of amides is 1. The molecule has 0 unspecified atom stereocenters. The first-order chi connectivity index (χ1) is 11.5. The van der Waals surface area contributed by atoms with Gasteiger partial charge in [0.1, 0.15) is 5.75 Å². The molecule has 0 aliphatic heterocycles. The second-order valence-corrected chi connectivity index (χ2v) is 7.47. The number of thiazole rings is 1. The Kier molecular flexibility index (Phi) is 4.87. The summed E-state index contributed by atoms with van der Waals surface area (Å²) in [5.74, 6) is 0.672. The Labute approximate surface area is 152 Å². The quantitative estimate of drug-likeness (QED) is 0.662. The fourth-order valence-electron chi connectivity index (χ4n) is 2.59. The van der Waals surface area contributed by atoms with Gasteiger partial charge in [-0.3, -0.25) is 4.79 Å². The van der Waals surface area contributed by atoms with Crippen LogP contribution in [0, 0.1) is 6.92 Å². The van der Waals surface area contributed by atoms with E-state index in [4.69, 9.17) is 4.74 Å². The van der Waals surface area contributed by atoms with Gasteiger partial charge in [0.25, 0.3) is 5.91 Å². The SMILES string of the molecule is COc1ccc(CC(=O)N=c2sc3cc(Br)ccc3n2C)cc1C. The molecule has 2 aromatic carbocycles. The molecule has 1 amide bonds. The van der Waals surface area contributed by atoms with Crippen molar-refractivity contribution < 1.29 is 9.53 Å². The summed E-state index contributed by atoms with van der Waals surface area (Å²) in [6, 6.07) is 11.8. The maximum absolute atomic E-state index is 12.3. The Bertz CT molecular complexity index is 988. The minimum Gasteiger partial charge on any atom is -0.496 e. The van der Waals surface area contributed by atoms with E-state index in [1.807, 2.05) is 54.9 Å². The fraction of sp³-hybridized carbons (Fsp3) is 0.222. The van der Waals surface area contributed by atoms with Crippen molar-refractivity contribution in [3.63, 3.8) is 0 Å². The molecule has 1 heterocycles. The first-order valence-electron chi connectivity index (χ1n) is 7.44. The number of carbonyl (C=O) groups is 1. The summed E-state index contributed by atoms with van der Waals surface area (Å²) in [6.45, 7) is 1.97. The summed E-state index contributed by atoms with van der Waals surface area (Å²) in [5.41, 5.74) is 3.02. The average molecular weight is 405 g/mol. The van der Waals surface area contributed by atoms with Crippen molar-refractivity contribution >= 4 is 43.4 Å². The standard InChI is InChI=1S/C18H17BrN2O2S/c1-11-8-12(4-7-15(11)23-3)9-17(22)20-18-21(2)14-6-5-13(19)10-16(14)24-18/h4-8,10H,9H2,1-3H3. The summed E-state index contributed by atoms with van der Waals surface area (Å²) >= 11 is 4.98. The first-order valence-corrected chi connectivity index (χ1v) is 9.05. The van der Waals surface area contributed by atoms with Crippen LogP contribution in [0.2, 0.25) is 0 Å². The average Bonchev–Trinajstić information content (AvgIpc) is 2.82. The fourth-order valence-corrected chi connectivity index (χ4v) is 4.17. The third-order valence-electron chi connectivity index (χ3n) is 3.81. The van der Waals surface area contributed by atoms with Crippen LogP contribution in [0.15, 0.2) is 45.9 Å². The van der Waals surface area contributed by atoms with Crippen LogP contribution in [-0.2, 0) is 18.3 Å². The van der Waals surface area contributed by atoms with Crippen molar-refractivity contribution in [3.05, 3.63) is 56.8 Å². The van der Waals surface area contributed by atoms with Gasteiger partial charge >= 0.3 is 0 Å². The van der Waals surface area contributed by atoms with Gasteiger partial charge in [-0.05, 0) is 42.3 Å². The van der Waals surface area contributed by atoms with E-state index >= 15 is 0 Å². The molecule has 0 radical (unpaired) electrons. The zero-order chi connectivity index (χ0) is 17.3. The lowest BCUT2D eigenvalue weighted by molar-refractivity contribution is -0.117. The number of carbonyl (C=O) groups excluding carboxylic acids is 1. The molecular weight excluding hydrogens is 388 g/mol. The number of nitrogens with zero attached hydrogens (tertiary/aromatic N) is 2. The van der Waals surface area contributed by atoms with Crippen LogP contribution in [0.5, 0.6) is 5.75 Å². The second-order valence-electron chi connectivity index (χ2n) is 5.54. The van der Waals surface area contributed by atoms with Crippen molar-refractivity contribution in [3.8, 4) is 5.75 Å². The zero-order valence-corrected chi connectivity index (χ0v) is 16.1. The number of aryl methyl sites for hydroxylation is 2. The Hall–Kier alpha value is -1.92. The maximum atomic E-state index is 12.3. The molecule has 0 saturated carbocycles. The number of ether oxygens (including phenoxy) is 1. The van der Waals surface area contributed by atoms with Crippen LogP contribution < -0.4 is 9.54 Å². The molecule has 0 N–H and O–H groups in total. The Morgan fingerprint density at radius 3 is 2.79 bits per heavy atom. The van der Waals surface area contributed by atoms with Gasteiger partial charge in [-0.15, -0.1) is 0 Å². The van der Waals surface area contributed by atoms with E-state index < -0.39 is 0 Å². The van der Waals surface area contributed by atoms with E-state index in [-0.39, 0.29) is 12.3 Å². The van der Waals surface area contributed by atoms with E-state index in [1.54, 1.807) is 7.11 Å². The maximum Gasteiger partial charge on any atom is 0.252 e. The molecule has 0 aliphatic carbocycles. The van der Waals surface area contributed by atoms with Crippen molar-refractivity contribution in [1.82, 2.24) is 4.57 Å². The summed E-state index contributed by atoms with van der Waals surface area (Å²) in [6.07, 6.45) is 0.281. The summed E-state index contributed by atoms with van der Waals surface area (Å²) in [5, 5.41) is 0. The molecule has 3 rings (SSSR count). The predicted molar refractivity (Wildman–Crippen MR) is 101 cm³/mol. The molecular formula is C18H17BrN2O2S. The molecule has 0 atom stereocenters. The zero-order valence-electron chi connectivity index (χ0n) is 13.7. The molecule has 4 nitrogen and oxygen atoms in total. The lowest BCUT2D eigenvalue weighted by Crippen LogP contribution is -2.14. The number of fused-ring (bicyclic) bond motifs is 1. The monoisotopic (exact) mass is 404 g/mol. The predicted octanol–water partition coefficient (Wildman–Crippen LogP) is 3.99. The van der Waals surface area contributed by atoms with Crippen LogP contribution in [0.3, 0.4) is 0 Å². The van der Waals surface area contributed by atoms with Gasteiger partial charge in [-0.1, -0.05) is 39.4 Å². The smallest absolute Gasteiger partial charge is 0.252 e. The van der Waals surface area contributed by atoms with Crippen molar-refractivity contribution in [2.75, 3.05) is 7.11 Å². The molecule has 0 bridgehead atoms.